The topological polar surface area (TPSA) is 86.7 Å². The highest BCUT2D eigenvalue weighted by Crippen LogP contribution is 2.15. The molecule has 1 aliphatic heterocycles. The van der Waals surface area contributed by atoms with Gasteiger partial charge in [-0.3, -0.25) is 24.4 Å². The fourth-order valence-electron chi connectivity index (χ4n) is 3.15. The number of aliphatic imine (C=N–C) groups is 1. The van der Waals surface area contributed by atoms with E-state index in [-0.39, 0.29) is 0 Å². The second-order valence-corrected chi connectivity index (χ2v) is 6.39. The van der Waals surface area contributed by atoms with Crippen molar-refractivity contribution in [1.29, 1.82) is 0 Å². The van der Waals surface area contributed by atoms with Crippen LogP contribution in [0.1, 0.15) is 38.5 Å². The molecule has 2 rings (SSSR count). The number of hydrogen-bond donors (Lipinski definition) is 1. The molecule has 1 saturated carbocycles. The Balaban J connectivity index is 1.72. The monoisotopic (exact) mass is 323 g/mol. The van der Waals surface area contributed by atoms with Crippen molar-refractivity contribution in [3.05, 3.63) is 0 Å². The summed E-state index contributed by atoms with van der Waals surface area (Å²) in [4.78, 5) is 41.7. The van der Waals surface area contributed by atoms with Crippen molar-refractivity contribution in [2.75, 3.05) is 27.2 Å². The largest absolute Gasteiger partial charge is 0.344 e. The van der Waals surface area contributed by atoms with Gasteiger partial charge < -0.3 is 5.32 Å². The minimum Gasteiger partial charge on any atom is -0.344 e. The van der Waals surface area contributed by atoms with Crippen molar-refractivity contribution in [3.8, 4) is 0 Å². The summed E-state index contributed by atoms with van der Waals surface area (Å²) in [5.41, 5.74) is 0. The average molecular weight is 323 g/mol. The summed E-state index contributed by atoms with van der Waals surface area (Å²) < 4.78 is 0. The van der Waals surface area contributed by atoms with Gasteiger partial charge in [-0.1, -0.05) is 6.42 Å². The number of amides is 4. The van der Waals surface area contributed by atoms with Crippen molar-refractivity contribution < 1.29 is 19.7 Å². The number of nitrogens with zero attached hydrogens (tertiary/aromatic N) is 3. The molecule has 0 aromatic carbocycles. The van der Waals surface area contributed by atoms with Gasteiger partial charge in [-0.2, -0.15) is 0 Å². The molecule has 0 unspecified atom stereocenters. The number of carbonyl (C=O) groups excluding carboxylic acids is 3. The summed E-state index contributed by atoms with van der Waals surface area (Å²) in [6.45, 7) is 1.62. The highest BCUT2D eigenvalue weighted by Gasteiger charge is 2.41. The van der Waals surface area contributed by atoms with E-state index in [4.69, 9.17) is 0 Å². The molecule has 4 amide bonds. The minimum atomic E-state index is -0.968. The summed E-state index contributed by atoms with van der Waals surface area (Å²) in [5, 5.41) is 2.39. The first-order valence-electron chi connectivity index (χ1n) is 8.44. The first-order chi connectivity index (χ1) is 11.0. The predicted molar refractivity (Wildman–Crippen MR) is 86.1 cm³/mol. The standard InChI is InChI=1S/C16H26N4O3/c1-19-14(21)13(15(22)20(2)16(19)23)11-17-9-6-10-18-12-7-4-3-5-8-12/h11-13,18H,3-10H2,1-2H3/p+1. The molecule has 1 saturated heterocycles. The maximum atomic E-state index is 12.0. The molecule has 0 atom stereocenters. The minimum absolute atomic E-state index is 0.504. The van der Waals surface area contributed by atoms with E-state index in [2.05, 4.69) is 10.3 Å². The number of carbonyl (C=O) groups is 3. The van der Waals surface area contributed by atoms with Gasteiger partial charge in [-0.15, -0.1) is 0 Å². The maximum Gasteiger partial charge on any atom is 0.332 e. The Morgan fingerprint density at radius 3 is 2.30 bits per heavy atom. The zero-order valence-corrected chi connectivity index (χ0v) is 14.0. The molecule has 0 aromatic rings. The Morgan fingerprint density at radius 1 is 1.09 bits per heavy atom. The van der Waals surface area contributed by atoms with Crippen LogP contribution in [0.2, 0.25) is 0 Å². The Labute approximate surface area is 137 Å². The zero-order valence-electron chi connectivity index (χ0n) is 14.0. The van der Waals surface area contributed by atoms with E-state index in [0.717, 1.165) is 28.8 Å². The highest BCUT2D eigenvalue weighted by atomic mass is 16.2. The van der Waals surface area contributed by atoms with Crippen molar-refractivity contribution in [2.45, 2.75) is 44.6 Å². The lowest BCUT2D eigenvalue weighted by Gasteiger charge is -2.31. The molecule has 0 bridgehead atoms. The van der Waals surface area contributed by atoms with Gasteiger partial charge in [0.25, 0.3) is 0 Å². The van der Waals surface area contributed by atoms with Crippen LogP contribution in [0, 0.1) is 5.92 Å². The zero-order chi connectivity index (χ0) is 16.8. The van der Waals surface area contributed by atoms with Gasteiger partial charge in [0.15, 0.2) is 5.92 Å². The Bertz CT molecular complexity index is 462. The van der Waals surface area contributed by atoms with Crippen LogP contribution in [-0.4, -0.2) is 67.1 Å². The molecule has 2 aliphatic rings. The van der Waals surface area contributed by atoms with Gasteiger partial charge in [0.2, 0.25) is 11.8 Å². The third-order valence-electron chi connectivity index (χ3n) is 4.66. The molecule has 0 spiro atoms. The number of rotatable bonds is 6. The van der Waals surface area contributed by atoms with E-state index in [1.165, 1.54) is 52.4 Å². The van der Waals surface area contributed by atoms with Crippen LogP contribution < -0.4 is 5.32 Å². The van der Waals surface area contributed by atoms with Crippen molar-refractivity contribution in [1.82, 2.24) is 9.80 Å². The van der Waals surface area contributed by atoms with Gasteiger partial charge in [-0.05, 0) is 25.7 Å². The van der Waals surface area contributed by atoms with E-state index in [9.17, 15) is 14.4 Å². The van der Waals surface area contributed by atoms with Crippen LogP contribution >= 0.6 is 0 Å². The normalized spacial score (nSPS) is 21.7. The van der Waals surface area contributed by atoms with Crippen LogP contribution in [0.4, 0.5) is 4.79 Å². The average Bonchev–Trinajstić information content (AvgIpc) is 2.58. The fourth-order valence-corrected chi connectivity index (χ4v) is 3.15. The Kier molecular flexibility index (Phi) is 6.27. The molecule has 7 heteroatoms. The van der Waals surface area contributed by atoms with Gasteiger partial charge in [0.1, 0.15) is 0 Å². The molecule has 23 heavy (non-hydrogen) atoms. The molecule has 1 aliphatic carbocycles. The fraction of sp³-hybridized carbons (Fsp3) is 0.750. The predicted octanol–water partition coefficient (Wildman–Crippen LogP) is 0.0100. The highest BCUT2D eigenvalue weighted by molar-refractivity contribution is 6.23. The number of imide groups is 2. The van der Waals surface area contributed by atoms with Gasteiger partial charge in [0, 0.05) is 33.3 Å². The summed E-state index contributed by atoms with van der Waals surface area (Å²) in [6.07, 6.45) is 8.97. The second-order valence-electron chi connectivity index (χ2n) is 6.39. The first kappa shape index (κ1) is 17.6. The van der Waals surface area contributed by atoms with Crippen molar-refractivity contribution in [3.63, 3.8) is 0 Å². The summed E-state index contributed by atoms with van der Waals surface area (Å²) >= 11 is 0. The van der Waals surface area contributed by atoms with Crippen LogP contribution in [-0.2, 0) is 9.59 Å². The van der Waals surface area contributed by atoms with Gasteiger partial charge >= 0.3 is 6.03 Å². The molecular weight excluding hydrogens is 296 g/mol. The molecule has 2 fully saturated rings. The lowest BCUT2D eigenvalue weighted by Crippen LogP contribution is -2.90. The summed E-state index contributed by atoms with van der Waals surface area (Å²) in [6, 6.07) is 0.161. The van der Waals surface area contributed by atoms with Gasteiger partial charge in [-0.25, -0.2) is 4.79 Å². The van der Waals surface area contributed by atoms with Crippen LogP contribution in [0.3, 0.4) is 0 Å². The molecular formula is C16H27N4O3+. The van der Waals surface area contributed by atoms with Crippen LogP contribution in [0.15, 0.2) is 4.99 Å². The number of quaternary nitrogens is 1. The summed E-state index contributed by atoms with van der Waals surface area (Å²) in [5.74, 6) is -1.98. The van der Waals surface area contributed by atoms with E-state index in [1.807, 2.05) is 0 Å². The second kappa shape index (κ2) is 8.19. The number of hydrogen-bond acceptors (Lipinski definition) is 4. The van der Waals surface area contributed by atoms with E-state index in [0.29, 0.717) is 6.54 Å². The smallest absolute Gasteiger partial charge is 0.332 e. The maximum absolute atomic E-state index is 12.0. The lowest BCUT2D eigenvalue weighted by atomic mass is 9.95. The number of nitrogens with two attached hydrogens (primary N) is 1. The van der Waals surface area contributed by atoms with Crippen LogP contribution in [0.25, 0.3) is 0 Å². The Hall–Kier alpha value is -1.76. The number of barbiturate groups is 1. The van der Waals surface area contributed by atoms with E-state index in [1.54, 1.807) is 0 Å². The van der Waals surface area contributed by atoms with Crippen molar-refractivity contribution in [2.24, 2.45) is 10.9 Å². The first-order valence-corrected chi connectivity index (χ1v) is 8.44. The number of urea groups is 1. The molecule has 0 radical (unpaired) electrons. The van der Waals surface area contributed by atoms with E-state index < -0.39 is 23.8 Å². The lowest BCUT2D eigenvalue weighted by molar-refractivity contribution is -0.691. The molecule has 1 heterocycles. The van der Waals surface area contributed by atoms with E-state index >= 15 is 0 Å². The SMILES string of the molecule is CN1C(=O)C(C=NCCC[NH2+]C2CCCCC2)C(=O)N(C)C1=O. The quantitative estimate of drug-likeness (QED) is 0.424. The summed E-state index contributed by atoms with van der Waals surface area (Å²) in [7, 11) is 2.77. The van der Waals surface area contributed by atoms with Crippen molar-refractivity contribution >= 4 is 24.1 Å². The third-order valence-corrected chi connectivity index (χ3v) is 4.66. The molecule has 128 valence electrons. The van der Waals surface area contributed by atoms with Crippen LogP contribution in [0.5, 0.6) is 0 Å². The third kappa shape index (κ3) is 4.37. The molecule has 7 nitrogen and oxygen atoms in total. The van der Waals surface area contributed by atoms with Gasteiger partial charge in [0.05, 0.1) is 12.6 Å². The Morgan fingerprint density at radius 2 is 1.70 bits per heavy atom. The molecule has 2 N–H and O–H groups in total. The molecule has 0 aromatic heterocycles.